The molecule has 0 radical (unpaired) electrons. The normalized spacial score (nSPS) is 10.6. The second-order valence-electron chi connectivity index (χ2n) is 4.83. The Balaban J connectivity index is 1.96. The predicted molar refractivity (Wildman–Crippen MR) is 79.4 cm³/mol. The SMILES string of the molecule is Cc1nsc(NC(=O)c2ccc(OCC(C)C)cc2)n1. The van der Waals surface area contributed by atoms with Crippen LogP contribution in [0.5, 0.6) is 5.75 Å². The van der Waals surface area contributed by atoms with E-state index >= 15 is 0 Å². The van der Waals surface area contributed by atoms with E-state index in [1.165, 1.54) is 11.5 Å². The van der Waals surface area contributed by atoms with Gasteiger partial charge in [0.25, 0.3) is 5.91 Å². The Kier molecular flexibility index (Phi) is 4.68. The highest BCUT2D eigenvalue weighted by molar-refractivity contribution is 7.09. The van der Waals surface area contributed by atoms with Crippen molar-refractivity contribution in [2.24, 2.45) is 5.92 Å². The third-order valence-electron chi connectivity index (χ3n) is 2.45. The summed E-state index contributed by atoms with van der Waals surface area (Å²) in [5.74, 6) is 1.69. The standard InChI is InChI=1S/C14H17N3O2S/c1-9(2)8-19-12-6-4-11(5-7-12)13(18)16-14-15-10(3)17-20-14/h4-7,9H,8H2,1-3H3,(H,15,16,17,18). The minimum absolute atomic E-state index is 0.198. The maximum atomic E-state index is 12.0. The summed E-state index contributed by atoms with van der Waals surface area (Å²) in [7, 11) is 0. The van der Waals surface area contributed by atoms with Crippen molar-refractivity contribution in [1.29, 1.82) is 0 Å². The molecule has 2 rings (SSSR count). The number of hydrogen-bond donors (Lipinski definition) is 1. The molecule has 2 aromatic rings. The van der Waals surface area contributed by atoms with Crippen LogP contribution in [0.15, 0.2) is 24.3 Å². The maximum Gasteiger partial charge on any atom is 0.257 e. The number of rotatable bonds is 5. The van der Waals surface area contributed by atoms with E-state index in [-0.39, 0.29) is 5.91 Å². The van der Waals surface area contributed by atoms with Gasteiger partial charge in [0.15, 0.2) is 0 Å². The summed E-state index contributed by atoms with van der Waals surface area (Å²) in [5, 5.41) is 3.22. The molecule has 6 heteroatoms. The van der Waals surface area contributed by atoms with Gasteiger partial charge in [-0.1, -0.05) is 13.8 Å². The highest BCUT2D eigenvalue weighted by atomic mass is 32.1. The first kappa shape index (κ1) is 14.5. The molecule has 0 aliphatic rings. The monoisotopic (exact) mass is 291 g/mol. The molecule has 1 aromatic heterocycles. The van der Waals surface area contributed by atoms with Gasteiger partial charge in [0.05, 0.1) is 6.61 Å². The van der Waals surface area contributed by atoms with Crippen LogP contribution in [0, 0.1) is 12.8 Å². The number of aryl methyl sites for hydroxylation is 1. The number of carbonyl (C=O) groups excluding carboxylic acids is 1. The first-order valence-electron chi connectivity index (χ1n) is 6.39. The Labute approximate surface area is 122 Å². The molecule has 0 bridgehead atoms. The molecule has 0 unspecified atom stereocenters. The quantitative estimate of drug-likeness (QED) is 0.919. The Bertz CT molecular complexity index is 578. The minimum atomic E-state index is -0.198. The van der Waals surface area contributed by atoms with Crippen LogP contribution in [-0.2, 0) is 0 Å². The number of amides is 1. The van der Waals surface area contributed by atoms with E-state index in [4.69, 9.17) is 4.74 Å². The van der Waals surface area contributed by atoms with Crippen LogP contribution in [0.4, 0.5) is 5.13 Å². The van der Waals surface area contributed by atoms with Gasteiger partial charge >= 0.3 is 0 Å². The molecule has 0 fully saturated rings. The van der Waals surface area contributed by atoms with Gasteiger partial charge in [-0.05, 0) is 37.1 Å². The molecular formula is C14H17N3O2S. The largest absolute Gasteiger partial charge is 0.493 e. The Morgan fingerprint density at radius 3 is 2.60 bits per heavy atom. The van der Waals surface area contributed by atoms with E-state index in [1.54, 1.807) is 31.2 Å². The van der Waals surface area contributed by atoms with Crippen molar-refractivity contribution in [2.75, 3.05) is 11.9 Å². The van der Waals surface area contributed by atoms with Crippen LogP contribution in [0.1, 0.15) is 30.0 Å². The molecule has 0 spiro atoms. The van der Waals surface area contributed by atoms with Crippen LogP contribution in [0.3, 0.4) is 0 Å². The smallest absolute Gasteiger partial charge is 0.257 e. The summed E-state index contributed by atoms with van der Waals surface area (Å²) < 4.78 is 9.59. The van der Waals surface area contributed by atoms with Crippen molar-refractivity contribution in [1.82, 2.24) is 9.36 Å². The summed E-state index contributed by atoms with van der Waals surface area (Å²) in [6.07, 6.45) is 0. The van der Waals surface area contributed by atoms with Crippen LogP contribution < -0.4 is 10.1 Å². The maximum absolute atomic E-state index is 12.0. The third kappa shape index (κ3) is 4.03. The lowest BCUT2D eigenvalue weighted by Crippen LogP contribution is -2.11. The van der Waals surface area contributed by atoms with Crippen molar-refractivity contribution in [2.45, 2.75) is 20.8 Å². The molecule has 0 atom stereocenters. The number of aromatic nitrogens is 2. The summed E-state index contributed by atoms with van der Waals surface area (Å²) in [5.41, 5.74) is 0.565. The topological polar surface area (TPSA) is 64.1 Å². The molecule has 0 saturated carbocycles. The van der Waals surface area contributed by atoms with E-state index in [1.807, 2.05) is 0 Å². The van der Waals surface area contributed by atoms with Crippen LogP contribution >= 0.6 is 11.5 Å². The van der Waals surface area contributed by atoms with Gasteiger partial charge in [0, 0.05) is 17.1 Å². The first-order valence-corrected chi connectivity index (χ1v) is 7.16. The zero-order valence-electron chi connectivity index (χ0n) is 11.7. The number of carbonyl (C=O) groups is 1. The number of hydrogen-bond acceptors (Lipinski definition) is 5. The molecule has 1 N–H and O–H groups in total. The van der Waals surface area contributed by atoms with Crippen molar-refractivity contribution in [3.8, 4) is 5.75 Å². The first-order chi connectivity index (χ1) is 9.54. The van der Waals surface area contributed by atoms with Gasteiger partial charge in [-0.3, -0.25) is 10.1 Å². The molecule has 106 valence electrons. The second kappa shape index (κ2) is 6.47. The fourth-order valence-corrected chi connectivity index (χ4v) is 2.05. The van der Waals surface area contributed by atoms with Crippen molar-refractivity contribution in [3.63, 3.8) is 0 Å². The zero-order chi connectivity index (χ0) is 14.5. The molecule has 1 aromatic carbocycles. The number of nitrogens with one attached hydrogen (secondary N) is 1. The minimum Gasteiger partial charge on any atom is -0.493 e. The number of benzene rings is 1. The summed E-state index contributed by atoms with van der Waals surface area (Å²) in [6.45, 7) is 6.63. The summed E-state index contributed by atoms with van der Waals surface area (Å²) in [4.78, 5) is 16.1. The lowest BCUT2D eigenvalue weighted by Gasteiger charge is -2.09. The van der Waals surface area contributed by atoms with E-state index in [9.17, 15) is 4.79 Å². The lowest BCUT2D eigenvalue weighted by molar-refractivity contribution is 0.102. The van der Waals surface area contributed by atoms with E-state index in [2.05, 4.69) is 28.5 Å². The highest BCUT2D eigenvalue weighted by Gasteiger charge is 2.09. The average Bonchev–Trinajstić information content (AvgIpc) is 2.82. The van der Waals surface area contributed by atoms with E-state index in [0.29, 0.717) is 29.0 Å². The molecule has 0 saturated heterocycles. The lowest BCUT2D eigenvalue weighted by atomic mass is 10.2. The molecule has 1 amide bonds. The van der Waals surface area contributed by atoms with Gasteiger partial charge in [0.2, 0.25) is 5.13 Å². The molecule has 1 heterocycles. The fourth-order valence-electron chi connectivity index (χ4n) is 1.48. The van der Waals surface area contributed by atoms with Gasteiger partial charge in [0.1, 0.15) is 11.6 Å². The number of anilines is 1. The Hall–Kier alpha value is -1.95. The number of ether oxygens (including phenoxy) is 1. The Morgan fingerprint density at radius 1 is 1.35 bits per heavy atom. The third-order valence-corrected chi connectivity index (χ3v) is 3.17. The van der Waals surface area contributed by atoms with Crippen molar-refractivity contribution >= 4 is 22.6 Å². The molecule has 0 aliphatic heterocycles. The Morgan fingerprint density at radius 2 is 2.05 bits per heavy atom. The average molecular weight is 291 g/mol. The van der Waals surface area contributed by atoms with Gasteiger partial charge in [-0.15, -0.1) is 0 Å². The molecular weight excluding hydrogens is 274 g/mol. The highest BCUT2D eigenvalue weighted by Crippen LogP contribution is 2.16. The number of nitrogens with zero attached hydrogens (tertiary/aromatic N) is 2. The summed E-state index contributed by atoms with van der Waals surface area (Å²) in [6, 6.07) is 7.06. The summed E-state index contributed by atoms with van der Waals surface area (Å²) >= 11 is 1.17. The van der Waals surface area contributed by atoms with Crippen molar-refractivity contribution in [3.05, 3.63) is 35.7 Å². The van der Waals surface area contributed by atoms with E-state index < -0.39 is 0 Å². The van der Waals surface area contributed by atoms with Crippen molar-refractivity contribution < 1.29 is 9.53 Å². The van der Waals surface area contributed by atoms with Crippen LogP contribution in [0.25, 0.3) is 0 Å². The molecule has 20 heavy (non-hydrogen) atoms. The van der Waals surface area contributed by atoms with Crippen LogP contribution in [0.2, 0.25) is 0 Å². The van der Waals surface area contributed by atoms with Gasteiger partial charge in [-0.25, -0.2) is 4.98 Å². The second-order valence-corrected chi connectivity index (χ2v) is 5.58. The molecule has 5 nitrogen and oxygen atoms in total. The fraction of sp³-hybridized carbons (Fsp3) is 0.357. The predicted octanol–water partition coefficient (Wildman–Crippen LogP) is 3.13. The van der Waals surface area contributed by atoms with Crippen LogP contribution in [-0.4, -0.2) is 21.9 Å². The zero-order valence-corrected chi connectivity index (χ0v) is 12.5. The van der Waals surface area contributed by atoms with Gasteiger partial charge in [-0.2, -0.15) is 4.37 Å². The van der Waals surface area contributed by atoms with E-state index in [0.717, 1.165) is 5.75 Å². The molecule has 0 aliphatic carbocycles. The van der Waals surface area contributed by atoms with Gasteiger partial charge < -0.3 is 4.74 Å².